The quantitative estimate of drug-likeness (QED) is 0.285. The number of cyclic esters (lactones) is 1. The van der Waals surface area contributed by atoms with Crippen molar-refractivity contribution < 1.29 is 14.5 Å². The number of hydrogen-bond donors (Lipinski definition) is 0. The van der Waals surface area contributed by atoms with Crippen LogP contribution in [-0.2, 0) is 9.53 Å². The molecule has 0 saturated heterocycles. The molecule has 1 aliphatic rings. The van der Waals surface area contributed by atoms with Crippen LogP contribution in [0.3, 0.4) is 0 Å². The van der Waals surface area contributed by atoms with Gasteiger partial charge in [-0.25, -0.2) is 4.79 Å². The van der Waals surface area contributed by atoms with Crippen LogP contribution >= 0.6 is 0 Å². The third-order valence-electron chi connectivity index (χ3n) is 4.41. The molecule has 0 aliphatic carbocycles. The highest BCUT2D eigenvalue weighted by atomic mass is 16.6. The maximum absolute atomic E-state index is 12.2. The highest BCUT2D eigenvalue weighted by molar-refractivity contribution is 6.05. The molecule has 4 rings (SSSR count). The van der Waals surface area contributed by atoms with E-state index in [0.717, 1.165) is 16.3 Å². The Balaban J connectivity index is 1.69. The average Bonchev–Trinajstić information content (AvgIpc) is 3.02. The molecule has 1 heterocycles. The van der Waals surface area contributed by atoms with E-state index in [9.17, 15) is 14.9 Å². The molecule has 0 amide bonds. The summed E-state index contributed by atoms with van der Waals surface area (Å²) in [7, 11) is 0. The number of nitro groups is 1. The van der Waals surface area contributed by atoms with E-state index in [1.165, 1.54) is 17.7 Å². The van der Waals surface area contributed by atoms with Crippen molar-refractivity contribution in [3.63, 3.8) is 0 Å². The summed E-state index contributed by atoms with van der Waals surface area (Å²) in [6.45, 7) is 2.04. The fraction of sp³-hybridized carbons (Fsp3) is 0.0455. The van der Waals surface area contributed by atoms with Crippen LogP contribution in [-0.4, -0.2) is 10.9 Å². The fourth-order valence-corrected chi connectivity index (χ4v) is 3.06. The summed E-state index contributed by atoms with van der Waals surface area (Å²) in [6.07, 6.45) is 3.25. The summed E-state index contributed by atoms with van der Waals surface area (Å²) in [5, 5.41) is 13.1. The van der Waals surface area contributed by atoms with Gasteiger partial charge in [0, 0.05) is 17.7 Å². The first-order chi connectivity index (χ1) is 13.0. The smallest absolute Gasteiger partial charge is 0.343 e. The minimum Gasteiger partial charge on any atom is -0.422 e. The van der Waals surface area contributed by atoms with Crippen LogP contribution in [0.15, 0.2) is 72.3 Å². The van der Waals surface area contributed by atoms with E-state index >= 15 is 0 Å². The molecule has 0 unspecified atom stereocenters. The standard InChI is InChI=1S/C22H15NO4/c1-14-5-6-17-12-18(8-7-16(17)9-14)21-13-19(22(24)27-21)10-15-3-2-4-20(11-15)23(25)26/h2-13H,1H3. The number of carbonyl (C=O) groups excluding carboxylic acids is 1. The van der Waals surface area contributed by atoms with Gasteiger partial charge in [0.15, 0.2) is 0 Å². The highest BCUT2D eigenvalue weighted by Gasteiger charge is 2.22. The van der Waals surface area contributed by atoms with Gasteiger partial charge in [-0.2, -0.15) is 0 Å². The minimum atomic E-state index is -0.472. The van der Waals surface area contributed by atoms with Crippen molar-refractivity contribution >= 4 is 34.3 Å². The van der Waals surface area contributed by atoms with Crippen LogP contribution in [0.1, 0.15) is 16.7 Å². The second-order valence-electron chi connectivity index (χ2n) is 6.42. The number of esters is 1. The zero-order chi connectivity index (χ0) is 19.0. The highest BCUT2D eigenvalue weighted by Crippen LogP contribution is 2.30. The lowest BCUT2D eigenvalue weighted by atomic mass is 10.0. The SMILES string of the molecule is Cc1ccc2cc(C3=CC(=Cc4cccc([N+](=O)[O-])c4)C(=O)O3)ccc2c1. The fourth-order valence-electron chi connectivity index (χ4n) is 3.06. The zero-order valence-electron chi connectivity index (χ0n) is 14.5. The van der Waals surface area contributed by atoms with Gasteiger partial charge in [-0.05, 0) is 41.5 Å². The number of aryl methyl sites for hydroxylation is 1. The number of carbonyl (C=O) groups is 1. The second-order valence-corrected chi connectivity index (χ2v) is 6.42. The predicted molar refractivity (Wildman–Crippen MR) is 104 cm³/mol. The number of ether oxygens (including phenoxy) is 1. The number of non-ortho nitro benzene ring substituents is 1. The summed E-state index contributed by atoms with van der Waals surface area (Å²) >= 11 is 0. The summed E-state index contributed by atoms with van der Waals surface area (Å²) < 4.78 is 5.40. The number of benzene rings is 3. The Kier molecular flexibility index (Phi) is 4.05. The molecule has 132 valence electrons. The van der Waals surface area contributed by atoms with E-state index in [1.54, 1.807) is 24.3 Å². The lowest BCUT2D eigenvalue weighted by Crippen LogP contribution is -1.97. The number of nitrogens with zero attached hydrogens (tertiary/aromatic N) is 1. The Hall–Kier alpha value is -3.73. The molecule has 3 aromatic rings. The topological polar surface area (TPSA) is 69.4 Å². The molecule has 3 aromatic carbocycles. The van der Waals surface area contributed by atoms with Gasteiger partial charge in [0.2, 0.25) is 0 Å². The van der Waals surface area contributed by atoms with Gasteiger partial charge in [0.25, 0.3) is 5.69 Å². The van der Waals surface area contributed by atoms with Crippen molar-refractivity contribution in [2.45, 2.75) is 6.92 Å². The second kappa shape index (κ2) is 6.53. The molecule has 0 spiro atoms. The van der Waals surface area contributed by atoms with Crippen LogP contribution in [0.25, 0.3) is 22.6 Å². The number of fused-ring (bicyclic) bond motifs is 1. The van der Waals surface area contributed by atoms with Crippen molar-refractivity contribution in [1.29, 1.82) is 0 Å². The first kappa shape index (κ1) is 16.7. The van der Waals surface area contributed by atoms with Crippen LogP contribution in [0, 0.1) is 17.0 Å². The summed E-state index contributed by atoms with van der Waals surface area (Å²) in [5.41, 5.74) is 2.90. The van der Waals surface area contributed by atoms with Crippen molar-refractivity contribution in [2.75, 3.05) is 0 Å². The molecule has 0 fully saturated rings. The van der Waals surface area contributed by atoms with Crippen molar-refractivity contribution in [2.24, 2.45) is 0 Å². The molecule has 1 aliphatic heterocycles. The van der Waals surface area contributed by atoms with Crippen LogP contribution in [0.2, 0.25) is 0 Å². The summed E-state index contributed by atoms with van der Waals surface area (Å²) in [4.78, 5) is 22.6. The third kappa shape index (κ3) is 3.35. The maximum Gasteiger partial charge on any atom is 0.343 e. The number of rotatable bonds is 3. The Morgan fingerprint density at radius 3 is 2.59 bits per heavy atom. The predicted octanol–water partition coefficient (Wildman–Crippen LogP) is 5.04. The molecule has 0 atom stereocenters. The maximum atomic E-state index is 12.2. The van der Waals surface area contributed by atoms with Crippen LogP contribution in [0.4, 0.5) is 5.69 Å². The molecular weight excluding hydrogens is 342 g/mol. The Morgan fingerprint density at radius 1 is 1.00 bits per heavy atom. The lowest BCUT2D eigenvalue weighted by molar-refractivity contribution is -0.384. The summed E-state index contributed by atoms with van der Waals surface area (Å²) in [6, 6.07) is 18.2. The number of hydrogen-bond acceptors (Lipinski definition) is 4. The molecule has 0 N–H and O–H groups in total. The minimum absolute atomic E-state index is 0.0234. The van der Waals surface area contributed by atoms with Gasteiger partial charge in [-0.3, -0.25) is 10.1 Å². The monoisotopic (exact) mass is 357 g/mol. The third-order valence-corrected chi connectivity index (χ3v) is 4.41. The van der Waals surface area contributed by atoms with E-state index < -0.39 is 10.9 Å². The van der Waals surface area contributed by atoms with Gasteiger partial charge >= 0.3 is 5.97 Å². The van der Waals surface area contributed by atoms with Gasteiger partial charge < -0.3 is 4.74 Å². The van der Waals surface area contributed by atoms with Gasteiger partial charge in [0.05, 0.1) is 10.5 Å². The molecule has 27 heavy (non-hydrogen) atoms. The molecule has 0 bridgehead atoms. The molecule has 5 nitrogen and oxygen atoms in total. The van der Waals surface area contributed by atoms with E-state index in [2.05, 4.69) is 6.07 Å². The van der Waals surface area contributed by atoms with Crippen molar-refractivity contribution in [3.8, 4) is 0 Å². The number of nitro benzene ring substituents is 1. The molecule has 0 radical (unpaired) electrons. The van der Waals surface area contributed by atoms with Crippen molar-refractivity contribution in [1.82, 2.24) is 0 Å². The molecule has 5 heteroatoms. The Morgan fingerprint density at radius 2 is 1.78 bits per heavy atom. The van der Waals surface area contributed by atoms with E-state index in [4.69, 9.17) is 4.74 Å². The summed E-state index contributed by atoms with van der Waals surface area (Å²) in [5.74, 6) is -0.000310. The Labute approximate surface area is 155 Å². The van der Waals surface area contributed by atoms with Crippen LogP contribution in [0.5, 0.6) is 0 Å². The average molecular weight is 357 g/mol. The largest absolute Gasteiger partial charge is 0.422 e. The molecular formula is C22H15NO4. The van der Waals surface area contributed by atoms with E-state index in [-0.39, 0.29) is 5.69 Å². The van der Waals surface area contributed by atoms with Crippen LogP contribution < -0.4 is 0 Å². The van der Waals surface area contributed by atoms with Gasteiger partial charge in [-0.15, -0.1) is 0 Å². The van der Waals surface area contributed by atoms with Gasteiger partial charge in [0.1, 0.15) is 5.76 Å². The first-order valence-electron chi connectivity index (χ1n) is 8.40. The first-order valence-corrected chi connectivity index (χ1v) is 8.40. The normalized spacial score (nSPS) is 15.1. The molecule has 0 saturated carbocycles. The zero-order valence-corrected chi connectivity index (χ0v) is 14.5. The van der Waals surface area contributed by atoms with Gasteiger partial charge in [-0.1, -0.05) is 48.0 Å². The Bertz CT molecular complexity index is 1160. The van der Waals surface area contributed by atoms with E-state index in [1.807, 2.05) is 37.3 Å². The lowest BCUT2D eigenvalue weighted by Gasteiger charge is -2.05. The molecule has 0 aromatic heterocycles. The van der Waals surface area contributed by atoms with Crippen molar-refractivity contribution in [3.05, 3.63) is 99.1 Å². The van der Waals surface area contributed by atoms with E-state index in [0.29, 0.717) is 16.9 Å².